The third kappa shape index (κ3) is 0.504. The van der Waals surface area contributed by atoms with E-state index < -0.39 is 0 Å². The summed E-state index contributed by atoms with van der Waals surface area (Å²) in [5, 5.41) is 0. The Morgan fingerprint density at radius 2 is 2.00 bits per heavy atom. The van der Waals surface area contributed by atoms with E-state index in [4.69, 9.17) is 2.74 Å². The van der Waals surface area contributed by atoms with Gasteiger partial charge in [-0.05, 0) is 19.3 Å². The Balaban J connectivity index is 2.64. The molecule has 0 N–H and O–H groups in total. The van der Waals surface area contributed by atoms with Crippen LogP contribution in [0.3, 0.4) is 0 Å². The van der Waals surface area contributed by atoms with Crippen molar-refractivity contribution in [2.24, 2.45) is 0 Å². The zero-order valence-corrected chi connectivity index (χ0v) is 3.12. The van der Waals surface area contributed by atoms with Gasteiger partial charge in [0, 0.05) is 0 Å². The number of rotatable bonds is 0. The Morgan fingerprint density at radius 3 is 2.20 bits per heavy atom. The molecular weight excluding hydrogens is 60.1 g/mol. The van der Waals surface area contributed by atoms with E-state index in [9.17, 15) is 0 Å². The average Bonchev–Trinajstić information content (AvgIpc) is 1.91. The quantitative estimate of drug-likeness (QED) is 0.381. The fourth-order valence-electron chi connectivity index (χ4n) is 0.442. The molecule has 0 saturated carbocycles. The molecule has 0 radical (unpaired) electrons. The lowest BCUT2D eigenvalue weighted by Crippen LogP contribution is -1.50. The minimum atomic E-state index is 0.542. The van der Waals surface area contributed by atoms with Crippen LogP contribution in [0.25, 0.3) is 0 Å². The van der Waals surface area contributed by atoms with Gasteiger partial charge in [-0.15, -0.1) is 0 Å². The Bertz CT molecular complexity index is 92.6. The SMILES string of the molecule is [2H]C1=C([2H])CCC1. The second-order valence-corrected chi connectivity index (χ2v) is 1.21. The van der Waals surface area contributed by atoms with Crippen molar-refractivity contribution in [3.05, 3.63) is 12.1 Å². The van der Waals surface area contributed by atoms with E-state index >= 15 is 0 Å². The molecular formula is C5H8. The van der Waals surface area contributed by atoms with Crippen LogP contribution in [0.1, 0.15) is 22.0 Å². The van der Waals surface area contributed by atoms with Crippen molar-refractivity contribution in [3.8, 4) is 0 Å². The zero-order valence-electron chi connectivity index (χ0n) is 5.12. The standard InChI is InChI=1S/C5H8/c1-2-4-5-3-1/h1-2H,3-5H2/i1D,2D. The molecule has 0 heteroatoms. The molecule has 1 aliphatic rings. The first-order chi connectivity index (χ1) is 3.30. The van der Waals surface area contributed by atoms with E-state index in [1.54, 1.807) is 0 Å². The summed E-state index contributed by atoms with van der Waals surface area (Å²) in [4.78, 5) is 0. The molecule has 1 aliphatic carbocycles. The highest BCUT2D eigenvalue weighted by molar-refractivity contribution is 4.88. The van der Waals surface area contributed by atoms with E-state index in [1.807, 2.05) is 0 Å². The van der Waals surface area contributed by atoms with Gasteiger partial charge in [-0.2, -0.15) is 0 Å². The lowest BCUT2D eigenvalue weighted by molar-refractivity contribution is 0.929. The van der Waals surface area contributed by atoms with Crippen molar-refractivity contribution in [1.29, 1.82) is 0 Å². The molecule has 0 fully saturated rings. The number of hydrogen-bond acceptors (Lipinski definition) is 0. The van der Waals surface area contributed by atoms with Crippen molar-refractivity contribution in [2.75, 3.05) is 0 Å². The molecule has 28 valence electrons. The molecule has 0 aromatic rings. The third-order valence-corrected chi connectivity index (χ3v) is 0.729. The predicted octanol–water partition coefficient (Wildman–Crippen LogP) is 1.73. The van der Waals surface area contributed by atoms with Gasteiger partial charge in [0.2, 0.25) is 0 Å². The highest BCUT2D eigenvalue weighted by atomic mass is 13.9. The van der Waals surface area contributed by atoms with Gasteiger partial charge in [-0.1, -0.05) is 12.1 Å². The topological polar surface area (TPSA) is 0 Å². The smallest absolute Gasteiger partial charge is 0.0572 e. The first-order valence-corrected chi connectivity index (χ1v) is 1.96. The lowest BCUT2D eigenvalue weighted by atomic mass is 10.4. The average molecular weight is 70.1 g/mol. The van der Waals surface area contributed by atoms with Crippen LogP contribution in [0.15, 0.2) is 12.1 Å². The van der Waals surface area contributed by atoms with Gasteiger partial charge in [0.1, 0.15) is 0 Å². The molecule has 0 aromatic carbocycles. The van der Waals surface area contributed by atoms with Gasteiger partial charge >= 0.3 is 0 Å². The van der Waals surface area contributed by atoms with Crippen LogP contribution in [0.2, 0.25) is 0 Å². The molecule has 0 bridgehead atoms. The van der Waals surface area contributed by atoms with E-state index in [1.165, 1.54) is 0 Å². The summed E-state index contributed by atoms with van der Waals surface area (Å²) in [5.41, 5.74) is 0. The van der Waals surface area contributed by atoms with Crippen molar-refractivity contribution < 1.29 is 2.74 Å². The minimum Gasteiger partial charge on any atom is -0.0885 e. The Kier molecular flexibility index (Phi) is 0.365. The summed E-state index contributed by atoms with van der Waals surface area (Å²) in [7, 11) is 0. The van der Waals surface area contributed by atoms with Gasteiger partial charge in [-0.25, -0.2) is 0 Å². The summed E-state index contributed by atoms with van der Waals surface area (Å²) < 4.78 is 14.1. The molecule has 0 spiro atoms. The Hall–Kier alpha value is -0.260. The van der Waals surface area contributed by atoms with Crippen molar-refractivity contribution in [1.82, 2.24) is 0 Å². The molecule has 0 heterocycles. The molecule has 0 saturated heterocycles. The van der Waals surface area contributed by atoms with Gasteiger partial charge in [0.25, 0.3) is 0 Å². The molecule has 0 nitrogen and oxygen atoms in total. The first kappa shape index (κ1) is 1.46. The van der Waals surface area contributed by atoms with Crippen LogP contribution in [0.5, 0.6) is 0 Å². The molecule has 0 amide bonds. The van der Waals surface area contributed by atoms with E-state index in [-0.39, 0.29) is 0 Å². The second-order valence-electron chi connectivity index (χ2n) is 1.21. The van der Waals surface area contributed by atoms with Crippen LogP contribution in [0.4, 0.5) is 0 Å². The summed E-state index contributed by atoms with van der Waals surface area (Å²) in [6.07, 6.45) is 2.69. The van der Waals surface area contributed by atoms with Crippen LogP contribution in [0, 0.1) is 0 Å². The molecule has 1 rings (SSSR count). The summed E-state index contributed by atoms with van der Waals surface area (Å²) in [6, 6.07) is 1.08. The minimum absolute atomic E-state index is 0.542. The normalized spacial score (nSPS) is 30.4. The highest BCUT2D eigenvalue weighted by Gasteiger charge is 1.84. The fraction of sp³-hybridized carbons (Fsp3) is 0.600. The molecule has 0 aromatic heterocycles. The summed E-state index contributed by atoms with van der Waals surface area (Å²) in [6.45, 7) is 0. The van der Waals surface area contributed by atoms with Gasteiger partial charge in [-0.3, -0.25) is 0 Å². The van der Waals surface area contributed by atoms with Gasteiger partial charge < -0.3 is 0 Å². The van der Waals surface area contributed by atoms with E-state index in [0.717, 1.165) is 19.3 Å². The molecule has 5 heavy (non-hydrogen) atoms. The van der Waals surface area contributed by atoms with Crippen molar-refractivity contribution in [3.63, 3.8) is 0 Å². The maximum absolute atomic E-state index is 7.03. The Labute approximate surface area is 35.3 Å². The maximum atomic E-state index is 7.03. The predicted molar refractivity (Wildman–Crippen MR) is 23.0 cm³/mol. The van der Waals surface area contributed by atoms with Gasteiger partial charge in [0.15, 0.2) is 0 Å². The Morgan fingerprint density at radius 1 is 1.40 bits per heavy atom. The zero-order chi connectivity index (χ0) is 5.28. The monoisotopic (exact) mass is 70.1 g/mol. The number of allylic oxidation sites excluding steroid dienone is 2. The lowest BCUT2D eigenvalue weighted by Gasteiger charge is -1.69. The van der Waals surface area contributed by atoms with E-state index in [0.29, 0.717) is 12.1 Å². The van der Waals surface area contributed by atoms with Crippen LogP contribution >= 0.6 is 0 Å². The number of hydrogen-bond donors (Lipinski definition) is 0. The molecule has 0 atom stereocenters. The largest absolute Gasteiger partial charge is 0.0885 e. The van der Waals surface area contributed by atoms with Gasteiger partial charge in [0.05, 0.1) is 2.74 Å². The molecule has 0 unspecified atom stereocenters. The van der Waals surface area contributed by atoms with E-state index in [2.05, 4.69) is 0 Å². The summed E-state index contributed by atoms with van der Waals surface area (Å²) >= 11 is 0. The highest BCUT2D eigenvalue weighted by Crippen LogP contribution is 2.05. The maximum Gasteiger partial charge on any atom is 0.0572 e. The summed E-state index contributed by atoms with van der Waals surface area (Å²) in [5.74, 6) is 0. The van der Waals surface area contributed by atoms with Crippen LogP contribution < -0.4 is 0 Å². The molecule has 0 aliphatic heterocycles. The van der Waals surface area contributed by atoms with Crippen molar-refractivity contribution >= 4 is 0 Å². The van der Waals surface area contributed by atoms with Crippen LogP contribution in [-0.2, 0) is 0 Å². The fourth-order valence-corrected chi connectivity index (χ4v) is 0.442. The first-order valence-electron chi connectivity index (χ1n) is 2.96. The third-order valence-electron chi connectivity index (χ3n) is 0.729. The second kappa shape index (κ2) is 1.25. The van der Waals surface area contributed by atoms with Crippen molar-refractivity contribution in [2.45, 2.75) is 19.3 Å². The van der Waals surface area contributed by atoms with Crippen LogP contribution in [-0.4, -0.2) is 0 Å².